The van der Waals surface area contributed by atoms with Gasteiger partial charge in [-0.2, -0.15) is 0 Å². The second-order valence-electron chi connectivity index (χ2n) is 9.55. The SMILES string of the molecule is CCc1cc(C)cc(OC[C@@H](O)CN2CCN(C[C@H](O)COc3cc(C)cc(CC)c3)CC2)c1. The third-order valence-electron chi connectivity index (χ3n) is 6.33. The maximum atomic E-state index is 10.5. The molecule has 0 aromatic heterocycles. The van der Waals surface area contributed by atoms with Gasteiger partial charge in [0, 0.05) is 39.3 Å². The fourth-order valence-corrected chi connectivity index (χ4v) is 4.46. The van der Waals surface area contributed by atoms with Crippen LogP contribution >= 0.6 is 0 Å². The molecule has 0 spiro atoms. The molecular weight excluding hydrogens is 428 g/mol. The van der Waals surface area contributed by atoms with E-state index >= 15 is 0 Å². The molecular formula is C28H42N2O4. The number of aliphatic hydroxyl groups is 2. The van der Waals surface area contributed by atoms with Crippen LogP contribution in [0.4, 0.5) is 0 Å². The molecule has 3 rings (SSSR count). The maximum Gasteiger partial charge on any atom is 0.119 e. The minimum Gasteiger partial charge on any atom is -0.491 e. The summed E-state index contributed by atoms with van der Waals surface area (Å²) in [6.07, 6.45) is 0.881. The highest BCUT2D eigenvalue weighted by atomic mass is 16.5. The molecule has 0 saturated carbocycles. The van der Waals surface area contributed by atoms with Crippen molar-refractivity contribution < 1.29 is 19.7 Å². The smallest absolute Gasteiger partial charge is 0.119 e. The summed E-state index contributed by atoms with van der Waals surface area (Å²) in [6.45, 7) is 13.6. The second-order valence-corrected chi connectivity index (χ2v) is 9.55. The van der Waals surface area contributed by atoms with E-state index in [0.717, 1.165) is 50.5 Å². The summed E-state index contributed by atoms with van der Waals surface area (Å²) in [5, 5.41) is 20.9. The first-order valence-electron chi connectivity index (χ1n) is 12.6. The Bertz CT molecular complexity index is 822. The lowest BCUT2D eigenvalue weighted by Gasteiger charge is -2.36. The minimum atomic E-state index is -0.529. The van der Waals surface area contributed by atoms with Gasteiger partial charge in [0.1, 0.15) is 36.9 Å². The topological polar surface area (TPSA) is 65.4 Å². The third kappa shape index (κ3) is 8.58. The van der Waals surface area contributed by atoms with Crippen molar-refractivity contribution in [3.63, 3.8) is 0 Å². The lowest BCUT2D eigenvalue weighted by molar-refractivity contribution is 0.0240. The van der Waals surface area contributed by atoms with Gasteiger partial charge in [-0.05, 0) is 73.2 Å². The van der Waals surface area contributed by atoms with Crippen LogP contribution in [0.2, 0.25) is 0 Å². The van der Waals surface area contributed by atoms with Gasteiger partial charge in [-0.15, -0.1) is 0 Å². The van der Waals surface area contributed by atoms with Crippen molar-refractivity contribution in [2.75, 3.05) is 52.5 Å². The molecule has 34 heavy (non-hydrogen) atoms. The Labute approximate surface area is 205 Å². The van der Waals surface area contributed by atoms with Crippen molar-refractivity contribution in [3.05, 3.63) is 58.7 Å². The van der Waals surface area contributed by atoms with Gasteiger partial charge < -0.3 is 19.7 Å². The molecule has 1 aliphatic rings. The first-order chi connectivity index (χ1) is 16.3. The Hall–Kier alpha value is -2.12. The highest BCUT2D eigenvalue weighted by Gasteiger charge is 2.21. The molecule has 2 N–H and O–H groups in total. The van der Waals surface area contributed by atoms with Gasteiger partial charge >= 0.3 is 0 Å². The summed E-state index contributed by atoms with van der Waals surface area (Å²) in [6, 6.07) is 12.5. The number of benzene rings is 2. The van der Waals surface area contributed by atoms with Crippen LogP contribution in [0.5, 0.6) is 11.5 Å². The van der Waals surface area contributed by atoms with Gasteiger partial charge in [-0.1, -0.05) is 26.0 Å². The Morgan fingerprint density at radius 3 is 1.41 bits per heavy atom. The molecule has 0 radical (unpaired) electrons. The maximum absolute atomic E-state index is 10.5. The van der Waals surface area contributed by atoms with Crippen molar-refractivity contribution in [2.45, 2.75) is 52.7 Å². The Morgan fingerprint density at radius 2 is 1.06 bits per heavy atom. The third-order valence-corrected chi connectivity index (χ3v) is 6.33. The van der Waals surface area contributed by atoms with Crippen LogP contribution in [0, 0.1) is 13.8 Å². The molecule has 6 nitrogen and oxygen atoms in total. The molecule has 6 heteroatoms. The number of hydrogen-bond acceptors (Lipinski definition) is 6. The summed E-state index contributed by atoms with van der Waals surface area (Å²) >= 11 is 0. The van der Waals surface area contributed by atoms with Crippen LogP contribution in [0.15, 0.2) is 36.4 Å². The first-order valence-corrected chi connectivity index (χ1v) is 12.6. The molecule has 2 aromatic carbocycles. The van der Waals surface area contributed by atoms with Gasteiger partial charge in [0.05, 0.1) is 0 Å². The normalized spacial score (nSPS) is 16.9. The summed E-state index contributed by atoms with van der Waals surface area (Å²) in [5.41, 5.74) is 4.85. The number of ether oxygens (including phenoxy) is 2. The van der Waals surface area contributed by atoms with E-state index in [9.17, 15) is 10.2 Å². The summed E-state index contributed by atoms with van der Waals surface area (Å²) in [7, 11) is 0. The molecule has 2 aromatic rings. The number of piperazine rings is 1. The van der Waals surface area contributed by atoms with E-state index < -0.39 is 12.2 Å². The molecule has 1 saturated heterocycles. The molecule has 188 valence electrons. The van der Waals surface area contributed by atoms with E-state index in [4.69, 9.17) is 9.47 Å². The van der Waals surface area contributed by atoms with Crippen molar-refractivity contribution in [1.82, 2.24) is 9.80 Å². The molecule has 1 fully saturated rings. The van der Waals surface area contributed by atoms with Crippen LogP contribution in [0.3, 0.4) is 0 Å². The number of rotatable bonds is 12. The van der Waals surface area contributed by atoms with E-state index in [-0.39, 0.29) is 0 Å². The Kier molecular flexibility index (Phi) is 10.2. The highest BCUT2D eigenvalue weighted by molar-refractivity contribution is 5.34. The molecule has 0 aliphatic carbocycles. The summed E-state index contributed by atoms with van der Waals surface area (Å²) < 4.78 is 11.7. The van der Waals surface area contributed by atoms with Crippen LogP contribution in [-0.2, 0) is 12.8 Å². The average molecular weight is 471 g/mol. The number of aliphatic hydroxyl groups excluding tert-OH is 2. The van der Waals surface area contributed by atoms with Gasteiger partial charge in [-0.3, -0.25) is 9.80 Å². The largest absolute Gasteiger partial charge is 0.491 e. The van der Waals surface area contributed by atoms with Crippen molar-refractivity contribution in [1.29, 1.82) is 0 Å². The lowest BCUT2D eigenvalue weighted by Crippen LogP contribution is -2.51. The minimum absolute atomic E-state index is 0.293. The molecule has 1 aliphatic heterocycles. The van der Waals surface area contributed by atoms with Crippen LogP contribution in [-0.4, -0.2) is 84.7 Å². The zero-order chi connectivity index (χ0) is 24.5. The van der Waals surface area contributed by atoms with E-state index in [1.807, 2.05) is 12.1 Å². The molecule has 0 amide bonds. The van der Waals surface area contributed by atoms with Gasteiger partial charge in [0.2, 0.25) is 0 Å². The number of β-amino-alcohol motifs (C(OH)–C–C–N with tert-alkyl or cyclic N) is 2. The van der Waals surface area contributed by atoms with E-state index in [0.29, 0.717) is 26.3 Å². The predicted octanol–water partition coefficient (Wildman–Crippen LogP) is 3.23. The molecule has 0 unspecified atom stereocenters. The van der Waals surface area contributed by atoms with Gasteiger partial charge in [0.15, 0.2) is 0 Å². The Balaban J connectivity index is 1.34. The van der Waals surface area contributed by atoms with Gasteiger partial charge in [-0.25, -0.2) is 0 Å². The summed E-state index contributed by atoms with van der Waals surface area (Å²) in [5.74, 6) is 1.65. The number of aryl methyl sites for hydroxylation is 4. The lowest BCUT2D eigenvalue weighted by atomic mass is 10.1. The van der Waals surface area contributed by atoms with Crippen molar-refractivity contribution >= 4 is 0 Å². The van der Waals surface area contributed by atoms with E-state index in [1.54, 1.807) is 0 Å². The average Bonchev–Trinajstić information content (AvgIpc) is 2.82. The van der Waals surface area contributed by atoms with Crippen LogP contribution < -0.4 is 9.47 Å². The molecule has 1 heterocycles. The standard InChI is InChI=1S/C28H42N2O4/c1-5-23-11-21(3)13-27(15-23)33-19-25(31)17-29-7-9-30(10-8-29)18-26(32)20-34-28-14-22(4)12-24(6-2)16-28/h11-16,25-26,31-32H,5-10,17-20H2,1-4H3/t25-,26-/m0/s1. The van der Waals surface area contributed by atoms with E-state index in [2.05, 4.69) is 61.8 Å². The fraction of sp³-hybridized carbons (Fsp3) is 0.571. The number of nitrogens with zero attached hydrogens (tertiary/aromatic N) is 2. The van der Waals surface area contributed by atoms with Crippen molar-refractivity contribution in [3.8, 4) is 11.5 Å². The monoisotopic (exact) mass is 470 g/mol. The zero-order valence-corrected chi connectivity index (χ0v) is 21.3. The van der Waals surface area contributed by atoms with E-state index in [1.165, 1.54) is 22.3 Å². The molecule has 2 atom stereocenters. The van der Waals surface area contributed by atoms with Gasteiger partial charge in [0.25, 0.3) is 0 Å². The highest BCUT2D eigenvalue weighted by Crippen LogP contribution is 2.19. The Morgan fingerprint density at radius 1 is 0.676 bits per heavy atom. The quantitative estimate of drug-likeness (QED) is 0.497. The molecule has 0 bridgehead atoms. The fourth-order valence-electron chi connectivity index (χ4n) is 4.46. The predicted molar refractivity (Wildman–Crippen MR) is 137 cm³/mol. The summed E-state index contributed by atoms with van der Waals surface area (Å²) in [4.78, 5) is 4.53. The zero-order valence-electron chi connectivity index (χ0n) is 21.3. The number of hydrogen-bond donors (Lipinski definition) is 2. The van der Waals surface area contributed by atoms with Crippen LogP contribution in [0.25, 0.3) is 0 Å². The second kappa shape index (κ2) is 13.1. The first kappa shape index (κ1) is 26.5. The van der Waals surface area contributed by atoms with Crippen LogP contribution in [0.1, 0.15) is 36.1 Å². The van der Waals surface area contributed by atoms with Crippen molar-refractivity contribution in [2.24, 2.45) is 0 Å².